The second-order valence-electron chi connectivity index (χ2n) is 4.07. The highest BCUT2D eigenvalue weighted by molar-refractivity contribution is 7.17. The van der Waals surface area contributed by atoms with Crippen molar-refractivity contribution in [2.24, 2.45) is 0 Å². The highest BCUT2D eigenvalue weighted by Gasteiger charge is 2.10. The van der Waals surface area contributed by atoms with Gasteiger partial charge in [-0.25, -0.2) is 0 Å². The van der Waals surface area contributed by atoms with Crippen molar-refractivity contribution < 1.29 is 9.53 Å². The number of benzene rings is 1. The van der Waals surface area contributed by atoms with Crippen LogP contribution in [0.5, 0.6) is 5.75 Å². The standard InChI is InChI=1S/C14H12N2O2S/c1-18-10-4-2-3-9(7-10)15-14(17)12-8-13-11(16-12)5-6-19-13/h2-8,16H,1H3,(H,15,17). The molecular formula is C14H12N2O2S. The maximum Gasteiger partial charge on any atom is 0.272 e. The number of carbonyl (C=O) groups excluding carboxylic acids is 1. The van der Waals surface area contributed by atoms with Crippen molar-refractivity contribution in [3.05, 3.63) is 47.5 Å². The molecule has 0 aliphatic carbocycles. The van der Waals surface area contributed by atoms with Crippen LogP contribution in [0.4, 0.5) is 5.69 Å². The van der Waals surface area contributed by atoms with E-state index in [2.05, 4.69) is 10.3 Å². The number of rotatable bonds is 3. The Labute approximate surface area is 114 Å². The van der Waals surface area contributed by atoms with Crippen molar-refractivity contribution in [2.75, 3.05) is 12.4 Å². The van der Waals surface area contributed by atoms with Crippen molar-refractivity contribution in [1.82, 2.24) is 4.98 Å². The molecule has 0 bridgehead atoms. The Morgan fingerprint density at radius 3 is 3.00 bits per heavy atom. The Kier molecular flexibility index (Phi) is 2.97. The van der Waals surface area contributed by atoms with Crippen LogP contribution in [-0.2, 0) is 0 Å². The van der Waals surface area contributed by atoms with E-state index in [1.165, 1.54) is 0 Å². The zero-order valence-electron chi connectivity index (χ0n) is 10.3. The molecule has 0 radical (unpaired) electrons. The first-order valence-corrected chi connectivity index (χ1v) is 6.66. The van der Waals surface area contributed by atoms with E-state index in [4.69, 9.17) is 4.74 Å². The summed E-state index contributed by atoms with van der Waals surface area (Å²) < 4.78 is 6.20. The van der Waals surface area contributed by atoms with Crippen molar-refractivity contribution >= 4 is 33.1 Å². The molecule has 0 saturated carbocycles. The number of aromatic nitrogens is 1. The average molecular weight is 272 g/mol. The molecular weight excluding hydrogens is 260 g/mol. The fourth-order valence-electron chi connectivity index (χ4n) is 1.87. The van der Waals surface area contributed by atoms with Gasteiger partial charge in [0.1, 0.15) is 11.4 Å². The third-order valence-corrected chi connectivity index (χ3v) is 3.68. The fraction of sp³-hybridized carbons (Fsp3) is 0.0714. The molecule has 3 rings (SSSR count). The number of aromatic amines is 1. The largest absolute Gasteiger partial charge is 0.497 e. The van der Waals surface area contributed by atoms with E-state index < -0.39 is 0 Å². The number of H-pyrrole nitrogens is 1. The Morgan fingerprint density at radius 1 is 1.32 bits per heavy atom. The molecule has 2 aromatic heterocycles. The number of methoxy groups -OCH3 is 1. The van der Waals surface area contributed by atoms with E-state index >= 15 is 0 Å². The van der Waals surface area contributed by atoms with Gasteiger partial charge in [0, 0.05) is 11.8 Å². The molecule has 1 amide bonds. The lowest BCUT2D eigenvalue weighted by atomic mass is 10.3. The Morgan fingerprint density at radius 2 is 2.21 bits per heavy atom. The van der Waals surface area contributed by atoms with Crippen LogP contribution < -0.4 is 10.1 Å². The van der Waals surface area contributed by atoms with E-state index in [1.54, 1.807) is 24.5 Å². The first kappa shape index (κ1) is 11.8. The number of carbonyl (C=O) groups is 1. The van der Waals surface area contributed by atoms with E-state index in [-0.39, 0.29) is 5.91 Å². The van der Waals surface area contributed by atoms with Crippen molar-refractivity contribution in [3.63, 3.8) is 0 Å². The molecule has 4 nitrogen and oxygen atoms in total. The summed E-state index contributed by atoms with van der Waals surface area (Å²) >= 11 is 1.61. The minimum Gasteiger partial charge on any atom is -0.497 e. The van der Waals surface area contributed by atoms with Gasteiger partial charge in [-0.1, -0.05) is 6.07 Å². The highest BCUT2D eigenvalue weighted by Crippen LogP contribution is 2.22. The molecule has 2 heterocycles. The minimum atomic E-state index is -0.156. The summed E-state index contributed by atoms with van der Waals surface area (Å²) in [5.74, 6) is 0.557. The smallest absolute Gasteiger partial charge is 0.272 e. The van der Waals surface area contributed by atoms with E-state index in [1.807, 2.05) is 35.7 Å². The van der Waals surface area contributed by atoms with Crippen molar-refractivity contribution in [3.8, 4) is 5.75 Å². The Balaban J connectivity index is 1.82. The number of fused-ring (bicyclic) bond motifs is 1. The number of ether oxygens (including phenoxy) is 1. The first-order chi connectivity index (χ1) is 9.26. The van der Waals surface area contributed by atoms with Gasteiger partial charge < -0.3 is 15.0 Å². The van der Waals surface area contributed by atoms with Crippen LogP contribution in [-0.4, -0.2) is 18.0 Å². The maximum atomic E-state index is 12.1. The van der Waals surface area contributed by atoms with Crippen LogP contribution >= 0.6 is 11.3 Å². The van der Waals surface area contributed by atoms with Crippen LogP contribution in [0.3, 0.4) is 0 Å². The number of hydrogen-bond donors (Lipinski definition) is 2. The lowest BCUT2D eigenvalue weighted by Crippen LogP contribution is -2.12. The molecule has 0 atom stereocenters. The van der Waals surface area contributed by atoms with Gasteiger partial charge in [-0.2, -0.15) is 0 Å². The molecule has 0 aliphatic rings. The van der Waals surface area contributed by atoms with Crippen LogP contribution in [0.1, 0.15) is 10.5 Å². The SMILES string of the molecule is COc1cccc(NC(=O)c2cc3sccc3[nH]2)c1. The summed E-state index contributed by atoms with van der Waals surface area (Å²) in [6.07, 6.45) is 0. The predicted molar refractivity (Wildman–Crippen MR) is 77.1 cm³/mol. The van der Waals surface area contributed by atoms with Gasteiger partial charge in [0.2, 0.25) is 0 Å². The zero-order chi connectivity index (χ0) is 13.2. The monoisotopic (exact) mass is 272 g/mol. The molecule has 0 spiro atoms. The predicted octanol–water partition coefficient (Wildman–Crippen LogP) is 3.49. The topological polar surface area (TPSA) is 54.1 Å². The van der Waals surface area contributed by atoms with Gasteiger partial charge in [-0.15, -0.1) is 11.3 Å². The van der Waals surface area contributed by atoms with Gasteiger partial charge in [0.05, 0.1) is 17.3 Å². The second-order valence-corrected chi connectivity index (χ2v) is 5.02. The minimum absolute atomic E-state index is 0.156. The number of hydrogen-bond acceptors (Lipinski definition) is 3. The van der Waals surface area contributed by atoms with Crippen LogP contribution in [0, 0.1) is 0 Å². The maximum absolute atomic E-state index is 12.1. The summed E-state index contributed by atoms with van der Waals surface area (Å²) in [5.41, 5.74) is 2.26. The summed E-state index contributed by atoms with van der Waals surface area (Å²) in [4.78, 5) is 15.2. The zero-order valence-corrected chi connectivity index (χ0v) is 11.1. The number of anilines is 1. The number of thiophene rings is 1. The number of amides is 1. The van der Waals surface area contributed by atoms with Gasteiger partial charge in [0.15, 0.2) is 0 Å². The molecule has 96 valence electrons. The van der Waals surface area contributed by atoms with Gasteiger partial charge >= 0.3 is 0 Å². The average Bonchev–Trinajstić information content (AvgIpc) is 2.99. The van der Waals surface area contributed by atoms with E-state index in [0.29, 0.717) is 17.1 Å². The molecule has 0 fully saturated rings. The third-order valence-electron chi connectivity index (χ3n) is 2.81. The molecule has 0 unspecified atom stereocenters. The normalized spacial score (nSPS) is 10.6. The molecule has 19 heavy (non-hydrogen) atoms. The van der Waals surface area contributed by atoms with Crippen LogP contribution in [0.2, 0.25) is 0 Å². The quantitative estimate of drug-likeness (QED) is 0.766. The Hall–Kier alpha value is -2.27. The third kappa shape index (κ3) is 2.32. The second kappa shape index (κ2) is 4.78. The van der Waals surface area contributed by atoms with Gasteiger partial charge in [-0.05, 0) is 29.6 Å². The summed E-state index contributed by atoms with van der Waals surface area (Å²) in [5, 5.41) is 4.83. The van der Waals surface area contributed by atoms with Crippen LogP contribution in [0.25, 0.3) is 10.2 Å². The van der Waals surface area contributed by atoms with E-state index in [9.17, 15) is 4.79 Å². The summed E-state index contributed by atoms with van der Waals surface area (Å²) in [6, 6.07) is 11.1. The molecule has 1 aromatic carbocycles. The number of nitrogens with one attached hydrogen (secondary N) is 2. The molecule has 5 heteroatoms. The highest BCUT2D eigenvalue weighted by atomic mass is 32.1. The van der Waals surface area contributed by atoms with E-state index in [0.717, 1.165) is 10.2 Å². The Bertz CT molecular complexity index is 701. The first-order valence-electron chi connectivity index (χ1n) is 5.78. The fourth-order valence-corrected chi connectivity index (χ4v) is 2.65. The lowest BCUT2D eigenvalue weighted by molar-refractivity contribution is 0.102. The molecule has 0 saturated heterocycles. The molecule has 3 aromatic rings. The molecule has 2 N–H and O–H groups in total. The molecule has 0 aliphatic heterocycles. The summed E-state index contributed by atoms with van der Waals surface area (Å²) in [7, 11) is 1.60. The summed E-state index contributed by atoms with van der Waals surface area (Å²) in [6.45, 7) is 0. The van der Waals surface area contributed by atoms with Crippen LogP contribution in [0.15, 0.2) is 41.8 Å². The van der Waals surface area contributed by atoms with Gasteiger partial charge in [0.25, 0.3) is 5.91 Å². The van der Waals surface area contributed by atoms with Crippen molar-refractivity contribution in [1.29, 1.82) is 0 Å². The lowest BCUT2D eigenvalue weighted by Gasteiger charge is -2.05. The van der Waals surface area contributed by atoms with Crippen molar-refractivity contribution in [2.45, 2.75) is 0 Å². The van der Waals surface area contributed by atoms with Gasteiger partial charge in [-0.3, -0.25) is 4.79 Å².